The Bertz CT molecular complexity index is 1720. The standard InChI is InChI=1S/C26H13N3O/c27-14-16-5-4-10-23-25(16)20-7-1-2-9-22(20)29(23)18-11-12-24-21(13-18)19-8-3-6-17(15-28)26(19)30-24/h1-13H. The van der Waals surface area contributed by atoms with Gasteiger partial charge in [0.1, 0.15) is 11.7 Å². The van der Waals surface area contributed by atoms with Crippen LogP contribution in [-0.2, 0) is 0 Å². The van der Waals surface area contributed by atoms with Crippen molar-refractivity contribution in [2.45, 2.75) is 0 Å². The molecule has 0 spiro atoms. The van der Waals surface area contributed by atoms with Gasteiger partial charge in [-0.1, -0.05) is 36.4 Å². The highest BCUT2D eigenvalue weighted by Crippen LogP contribution is 2.37. The zero-order chi connectivity index (χ0) is 20.2. The minimum Gasteiger partial charge on any atom is -0.455 e. The summed E-state index contributed by atoms with van der Waals surface area (Å²) in [5, 5.41) is 23.0. The SMILES string of the molecule is N#Cc1cccc2c1oc1ccc(-n3c4ccccc4c4c(C#N)cccc43)cc12. The van der Waals surface area contributed by atoms with Crippen molar-refractivity contribution >= 4 is 43.7 Å². The topological polar surface area (TPSA) is 65.7 Å². The monoisotopic (exact) mass is 383 g/mol. The number of nitrogens with zero attached hydrogens (tertiary/aromatic N) is 3. The molecule has 0 fully saturated rings. The van der Waals surface area contributed by atoms with E-state index in [0.29, 0.717) is 16.7 Å². The van der Waals surface area contributed by atoms with E-state index in [2.05, 4.69) is 34.9 Å². The van der Waals surface area contributed by atoms with Crippen LogP contribution in [-0.4, -0.2) is 4.57 Å². The van der Waals surface area contributed by atoms with E-state index in [1.165, 1.54) is 0 Å². The minimum atomic E-state index is 0.528. The van der Waals surface area contributed by atoms with Crippen molar-refractivity contribution in [3.8, 4) is 17.8 Å². The molecule has 4 aromatic carbocycles. The molecule has 6 aromatic rings. The average molecular weight is 383 g/mol. The second-order valence-electron chi connectivity index (χ2n) is 7.24. The molecule has 6 rings (SSSR count). The molecule has 4 nitrogen and oxygen atoms in total. The first-order valence-corrected chi connectivity index (χ1v) is 9.58. The molecular formula is C26H13N3O. The number of fused-ring (bicyclic) bond motifs is 6. The van der Waals surface area contributed by atoms with E-state index in [-0.39, 0.29) is 0 Å². The fourth-order valence-corrected chi connectivity index (χ4v) is 4.40. The number of benzene rings is 4. The van der Waals surface area contributed by atoms with E-state index in [0.717, 1.165) is 43.8 Å². The van der Waals surface area contributed by atoms with Crippen LogP contribution < -0.4 is 0 Å². The average Bonchev–Trinajstić information content (AvgIpc) is 3.34. The van der Waals surface area contributed by atoms with Crippen molar-refractivity contribution in [1.82, 2.24) is 4.57 Å². The van der Waals surface area contributed by atoms with Crippen LogP contribution in [0.25, 0.3) is 49.4 Å². The Kier molecular flexibility index (Phi) is 3.27. The van der Waals surface area contributed by atoms with Crippen molar-refractivity contribution in [1.29, 1.82) is 10.5 Å². The Morgan fingerprint density at radius 2 is 1.40 bits per heavy atom. The minimum absolute atomic E-state index is 0.528. The van der Waals surface area contributed by atoms with Gasteiger partial charge >= 0.3 is 0 Å². The Labute approximate surface area is 171 Å². The zero-order valence-electron chi connectivity index (χ0n) is 15.8. The molecule has 0 aliphatic heterocycles. The van der Waals surface area contributed by atoms with Crippen molar-refractivity contribution in [3.63, 3.8) is 0 Å². The van der Waals surface area contributed by atoms with Gasteiger partial charge in [0.15, 0.2) is 5.58 Å². The predicted octanol–water partition coefficient (Wildman–Crippen LogP) is 6.43. The largest absolute Gasteiger partial charge is 0.455 e. The Hall–Kier alpha value is -4.54. The van der Waals surface area contributed by atoms with Gasteiger partial charge in [0.05, 0.1) is 28.2 Å². The fraction of sp³-hybridized carbons (Fsp3) is 0. The van der Waals surface area contributed by atoms with Gasteiger partial charge in [-0.15, -0.1) is 0 Å². The summed E-state index contributed by atoms with van der Waals surface area (Å²) in [6, 6.07) is 30.2. The van der Waals surface area contributed by atoms with E-state index < -0.39 is 0 Å². The molecule has 0 aliphatic carbocycles. The normalized spacial score (nSPS) is 11.3. The van der Waals surface area contributed by atoms with Crippen LogP contribution >= 0.6 is 0 Å². The molecule has 0 saturated heterocycles. The second-order valence-corrected chi connectivity index (χ2v) is 7.24. The summed E-state index contributed by atoms with van der Waals surface area (Å²) in [4.78, 5) is 0. The lowest BCUT2D eigenvalue weighted by atomic mass is 10.1. The summed E-state index contributed by atoms with van der Waals surface area (Å²) in [5.74, 6) is 0. The summed E-state index contributed by atoms with van der Waals surface area (Å²) < 4.78 is 8.16. The summed E-state index contributed by atoms with van der Waals surface area (Å²) in [7, 11) is 0. The third kappa shape index (κ3) is 2.08. The first-order valence-electron chi connectivity index (χ1n) is 9.58. The molecule has 0 aliphatic rings. The molecule has 0 N–H and O–H groups in total. The maximum absolute atomic E-state index is 9.66. The third-order valence-electron chi connectivity index (χ3n) is 5.68. The highest BCUT2D eigenvalue weighted by molar-refractivity contribution is 6.12. The molecule has 0 atom stereocenters. The van der Waals surface area contributed by atoms with Gasteiger partial charge in [-0.25, -0.2) is 0 Å². The quantitative estimate of drug-likeness (QED) is 0.329. The van der Waals surface area contributed by atoms with Crippen molar-refractivity contribution in [2.24, 2.45) is 0 Å². The Morgan fingerprint density at radius 3 is 2.27 bits per heavy atom. The number of nitriles is 2. The number of furan rings is 1. The second kappa shape index (κ2) is 5.98. The lowest BCUT2D eigenvalue weighted by Gasteiger charge is -2.08. The number of hydrogen-bond donors (Lipinski definition) is 0. The van der Waals surface area contributed by atoms with Gasteiger partial charge in [-0.05, 0) is 42.5 Å². The van der Waals surface area contributed by atoms with Gasteiger partial charge in [0.2, 0.25) is 0 Å². The summed E-state index contributed by atoms with van der Waals surface area (Å²) in [5.41, 5.74) is 5.56. The van der Waals surface area contributed by atoms with Crippen molar-refractivity contribution in [3.05, 3.63) is 90.0 Å². The third-order valence-corrected chi connectivity index (χ3v) is 5.68. The zero-order valence-corrected chi connectivity index (χ0v) is 15.8. The molecule has 4 heteroatoms. The van der Waals surface area contributed by atoms with E-state index in [1.54, 1.807) is 6.07 Å². The molecule has 30 heavy (non-hydrogen) atoms. The number of para-hydroxylation sites is 2. The van der Waals surface area contributed by atoms with Crippen LogP contribution in [0.1, 0.15) is 11.1 Å². The van der Waals surface area contributed by atoms with E-state index >= 15 is 0 Å². The van der Waals surface area contributed by atoms with E-state index in [9.17, 15) is 10.5 Å². The van der Waals surface area contributed by atoms with Crippen LogP contribution in [0.4, 0.5) is 0 Å². The van der Waals surface area contributed by atoms with Gasteiger partial charge in [-0.3, -0.25) is 0 Å². The van der Waals surface area contributed by atoms with Crippen LogP contribution in [0, 0.1) is 22.7 Å². The summed E-state index contributed by atoms with van der Waals surface area (Å²) in [6.45, 7) is 0. The first kappa shape index (κ1) is 16.4. The lowest BCUT2D eigenvalue weighted by molar-refractivity contribution is 0.667. The van der Waals surface area contributed by atoms with E-state index in [1.807, 2.05) is 54.6 Å². The molecule has 138 valence electrons. The summed E-state index contributed by atoms with van der Waals surface area (Å²) >= 11 is 0. The molecular weight excluding hydrogens is 370 g/mol. The van der Waals surface area contributed by atoms with Crippen LogP contribution in [0.2, 0.25) is 0 Å². The maximum atomic E-state index is 9.66. The van der Waals surface area contributed by atoms with Gasteiger partial charge in [-0.2, -0.15) is 10.5 Å². The molecule has 2 heterocycles. The Morgan fingerprint density at radius 1 is 0.667 bits per heavy atom. The number of aromatic nitrogens is 1. The van der Waals surface area contributed by atoms with Gasteiger partial charge in [0, 0.05) is 27.2 Å². The molecule has 0 amide bonds. The fourth-order valence-electron chi connectivity index (χ4n) is 4.40. The van der Waals surface area contributed by atoms with Crippen LogP contribution in [0.3, 0.4) is 0 Å². The highest BCUT2D eigenvalue weighted by atomic mass is 16.3. The summed E-state index contributed by atoms with van der Waals surface area (Å²) in [6.07, 6.45) is 0. The van der Waals surface area contributed by atoms with Gasteiger partial charge in [0.25, 0.3) is 0 Å². The van der Waals surface area contributed by atoms with Crippen LogP contribution in [0.5, 0.6) is 0 Å². The van der Waals surface area contributed by atoms with Crippen molar-refractivity contribution in [2.75, 3.05) is 0 Å². The molecule has 0 unspecified atom stereocenters. The molecule has 0 radical (unpaired) electrons. The van der Waals surface area contributed by atoms with E-state index in [4.69, 9.17) is 4.42 Å². The molecule has 0 bridgehead atoms. The number of hydrogen-bond acceptors (Lipinski definition) is 3. The van der Waals surface area contributed by atoms with Crippen LogP contribution in [0.15, 0.2) is 83.3 Å². The highest BCUT2D eigenvalue weighted by Gasteiger charge is 2.16. The molecule has 0 saturated carbocycles. The lowest BCUT2D eigenvalue weighted by Crippen LogP contribution is -1.93. The maximum Gasteiger partial charge on any atom is 0.153 e. The number of rotatable bonds is 1. The molecule has 2 aromatic heterocycles. The predicted molar refractivity (Wildman–Crippen MR) is 117 cm³/mol. The first-order chi connectivity index (χ1) is 14.8. The smallest absolute Gasteiger partial charge is 0.153 e. The van der Waals surface area contributed by atoms with Crippen molar-refractivity contribution < 1.29 is 4.42 Å². The Balaban J connectivity index is 1.75. The van der Waals surface area contributed by atoms with Gasteiger partial charge < -0.3 is 8.98 Å².